The van der Waals surface area contributed by atoms with Gasteiger partial charge >= 0.3 is 7.25 Å². The van der Waals surface area contributed by atoms with Gasteiger partial charge in [0.05, 0.1) is 10.3 Å². The van der Waals surface area contributed by atoms with Crippen molar-refractivity contribution in [2.24, 2.45) is 0 Å². The lowest BCUT2D eigenvalue weighted by atomic mass is 10.0. The largest absolute Gasteiger partial charge is 0.673 e. The second-order valence-corrected chi connectivity index (χ2v) is 11.4. The highest BCUT2D eigenvalue weighted by atomic mass is 32.2. The maximum atomic E-state index is 14.3. The second kappa shape index (κ2) is 25.2. The summed E-state index contributed by atoms with van der Waals surface area (Å²) >= 11 is 0. The molecule has 0 amide bonds. The number of nitrogens with zero attached hydrogens (tertiary/aromatic N) is 1. The number of nitrogens with one attached hydrogen (secondary N) is 2. The SMILES string of the molecule is CCCCCCCCCCCCCc1ccccc1S(=O)(=O)NC(F)CCCCCCC.F[B-](F)(F)F.N#[NH+]. The number of aryl methyl sites for hydroxylation is 1. The molecule has 0 aliphatic rings. The smallest absolute Gasteiger partial charge is 0.418 e. The van der Waals surface area contributed by atoms with E-state index in [1.807, 2.05) is 12.1 Å². The maximum Gasteiger partial charge on any atom is 0.673 e. The summed E-state index contributed by atoms with van der Waals surface area (Å²) in [5.74, 6) is 0. The highest BCUT2D eigenvalue weighted by molar-refractivity contribution is 7.89. The van der Waals surface area contributed by atoms with Gasteiger partial charge in [-0.25, -0.2) is 12.8 Å². The van der Waals surface area contributed by atoms with E-state index in [0.717, 1.165) is 50.5 Å². The van der Waals surface area contributed by atoms with Crippen LogP contribution in [-0.4, -0.2) is 22.0 Å². The van der Waals surface area contributed by atoms with Crippen LogP contribution in [0.5, 0.6) is 0 Å². The Bertz CT molecular complexity index is 821. The van der Waals surface area contributed by atoms with Gasteiger partial charge < -0.3 is 17.3 Å². The second-order valence-electron chi connectivity index (χ2n) is 9.68. The zero-order valence-corrected chi connectivity index (χ0v) is 24.6. The van der Waals surface area contributed by atoms with Crippen molar-refractivity contribution in [1.82, 2.24) is 4.72 Å². The lowest BCUT2D eigenvalue weighted by Crippen LogP contribution is -2.32. The fraction of sp³-hybridized carbons (Fsp3) is 0.778. The number of unbranched alkanes of at least 4 members (excludes halogenated alkanes) is 14. The van der Waals surface area contributed by atoms with Gasteiger partial charge in [0.2, 0.25) is 15.4 Å². The van der Waals surface area contributed by atoms with Gasteiger partial charge in [0.15, 0.2) is 6.30 Å². The Labute approximate surface area is 233 Å². The molecule has 1 aromatic carbocycles. The molecule has 0 heterocycles. The van der Waals surface area contributed by atoms with Gasteiger partial charge in [-0.05, 0) is 37.3 Å². The van der Waals surface area contributed by atoms with Crippen LogP contribution in [0, 0.1) is 5.39 Å². The van der Waals surface area contributed by atoms with Crippen LogP contribution in [0.4, 0.5) is 21.7 Å². The topological polar surface area (TPSA) is 93.8 Å². The van der Waals surface area contributed by atoms with E-state index in [2.05, 4.69) is 18.6 Å². The number of hydrogen-bond acceptors (Lipinski definition) is 3. The Kier molecular flexibility index (Phi) is 25.5. The molecule has 0 aromatic heterocycles. The highest BCUT2D eigenvalue weighted by Gasteiger charge is 2.22. The van der Waals surface area contributed by atoms with Gasteiger partial charge in [-0.15, -0.1) is 0 Å². The molecule has 39 heavy (non-hydrogen) atoms. The Hall–Kier alpha value is -1.74. The summed E-state index contributed by atoms with van der Waals surface area (Å²) in [6, 6.07) is 7.05. The van der Waals surface area contributed by atoms with Crippen molar-refractivity contribution in [2.75, 3.05) is 0 Å². The van der Waals surface area contributed by atoms with Crippen LogP contribution in [-0.2, 0) is 16.4 Å². The lowest BCUT2D eigenvalue weighted by Gasteiger charge is -2.14. The molecule has 1 aromatic rings. The standard InChI is InChI=1S/C27H48FNO2S.BF4.N2/c1-3-5-7-9-10-11-12-13-14-16-17-21-25-22-19-20-23-26(25)32(30,31)29-27(28)24-18-15-8-6-4-2;2-1(3,4)5;1-2/h19-20,22-23,27,29H,3-18,21,24H2,1-2H3;;/q;-1;/p+1. The van der Waals surface area contributed by atoms with Gasteiger partial charge in [0.25, 0.3) is 0 Å². The van der Waals surface area contributed by atoms with E-state index in [1.54, 1.807) is 12.1 Å². The Morgan fingerprint density at radius 2 is 1.13 bits per heavy atom. The molecule has 5 nitrogen and oxygen atoms in total. The summed E-state index contributed by atoms with van der Waals surface area (Å²) in [5, 5.41) is 11.0. The molecular weight excluding hydrogens is 536 g/mol. The predicted octanol–water partition coefficient (Wildman–Crippen LogP) is 8.05. The normalized spacial score (nSPS) is 12.1. The summed E-state index contributed by atoms with van der Waals surface area (Å²) in [4.78, 5) is 0.237. The molecule has 0 saturated carbocycles. The van der Waals surface area contributed by atoms with Gasteiger partial charge in [-0.3, -0.25) is 0 Å². The zero-order chi connectivity index (χ0) is 30.0. The van der Waals surface area contributed by atoms with Crippen LogP contribution in [0.25, 0.3) is 0 Å². The number of rotatable bonds is 21. The molecule has 228 valence electrons. The molecule has 1 rings (SSSR count). The van der Waals surface area contributed by atoms with E-state index in [1.165, 1.54) is 57.8 Å². The molecule has 0 fully saturated rings. The molecular formula is C27H49BF5N3O2S. The highest BCUT2D eigenvalue weighted by Crippen LogP contribution is 2.20. The van der Waals surface area contributed by atoms with E-state index >= 15 is 0 Å². The molecule has 0 aliphatic heterocycles. The molecule has 1 unspecified atom stereocenters. The average Bonchev–Trinajstić information content (AvgIpc) is 2.87. The summed E-state index contributed by atoms with van der Waals surface area (Å²) < 4.78 is 81.0. The van der Waals surface area contributed by atoms with Crippen LogP contribution < -0.4 is 10.1 Å². The summed E-state index contributed by atoms with van der Waals surface area (Å²) in [6.45, 7) is 4.39. The van der Waals surface area contributed by atoms with Gasteiger partial charge in [0.1, 0.15) is 0 Å². The Balaban J connectivity index is 0. The van der Waals surface area contributed by atoms with E-state index in [4.69, 9.17) is 10.8 Å². The van der Waals surface area contributed by atoms with Crippen molar-refractivity contribution in [2.45, 2.75) is 141 Å². The third-order valence-corrected chi connectivity index (χ3v) is 7.70. The van der Waals surface area contributed by atoms with Crippen LogP contribution in [0.1, 0.15) is 129 Å². The number of benzene rings is 1. The van der Waals surface area contributed by atoms with E-state index in [-0.39, 0.29) is 11.3 Å². The van der Waals surface area contributed by atoms with Crippen molar-refractivity contribution in [3.63, 3.8) is 0 Å². The van der Waals surface area contributed by atoms with Crippen LogP contribution in [0.2, 0.25) is 0 Å². The molecule has 0 aliphatic carbocycles. The fourth-order valence-electron chi connectivity index (χ4n) is 4.17. The molecule has 0 spiro atoms. The minimum atomic E-state index is -6.00. The monoisotopic (exact) mass is 585 g/mol. The van der Waals surface area contributed by atoms with Gasteiger partial charge in [-0.1, -0.05) is 122 Å². The van der Waals surface area contributed by atoms with Crippen molar-refractivity contribution in [3.8, 4) is 0 Å². The number of sulfonamides is 1. The first-order valence-corrected chi connectivity index (χ1v) is 15.8. The van der Waals surface area contributed by atoms with E-state index in [0.29, 0.717) is 6.42 Å². The predicted molar refractivity (Wildman–Crippen MR) is 148 cm³/mol. The molecule has 2 N–H and O–H groups in total. The first kappa shape index (κ1) is 39.4. The number of diazo groups is 1. The third-order valence-electron chi connectivity index (χ3n) is 6.16. The third kappa shape index (κ3) is 26.3. The zero-order valence-electron chi connectivity index (χ0n) is 23.8. The van der Waals surface area contributed by atoms with Crippen molar-refractivity contribution < 1.29 is 35.5 Å². The minimum absolute atomic E-state index is 0.237. The van der Waals surface area contributed by atoms with Crippen LogP contribution in [0.15, 0.2) is 29.2 Å². The molecule has 1 atom stereocenters. The van der Waals surface area contributed by atoms with Crippen LogP contribution >= 0.6 is 0 Å². The summed E-state index contributed by atoms with van der Waals surface area (Å²) in [6.07, 6.45) is 18.4. The Morgan fingerprint density at radius 3 is 1.59 bits per heavy atom. The first-order valence-electron chi connectivity index (χ1n) is 14.3. The molecule has 12 heteroatoms. The lowest BCUT2D eigenvalue weighted by molar-refractivity contribution is -0.175. The number of halogens is 5. The fourth-order valence-corrected chi connectivity index (χ4v) is 5.52. The molecule has 0 radical (unpaired) electrons. The number of alkyl halides is 1. The molecule has 0 saturated heterocycles. The van der Waals surface area contributed by atoms with Gasteiger partial charge in [0, 0.05) is 0 Å². The van der Waals surface area contributed by atoms with Gasteiger partial charge in [-0.2, -0.15) is 4.72 Å². The minimum Gasteiger partial charge on any atom is -0.418 e. The van der Waals surface area contributed by atoms with Crippen molar-refractivity contribution in [3.05, 3.63) is 29.8 Å². The average molecular weight is 586 g/mol. The Morgan fingerprint density at radius 1 is 0.744 bits per heavy atom. The van der Waals surface area contributed by atoms with Crippen molar-refractivity contribution in [1.29, 1.82) is 5.39 Å². The van der Waals surface area contributed by atoms with E-state index in [9.17, 15) is 30.1 Å². The van der Waals surface area contributed by atoms with Crippen LogP contribution in [0.3, 0.4) is 0 Å². The maximum absolute atomic E-state index is 14.3. The van der Waals surface area contributed by atoms with Crippen molar-refractivity contribution >= 4 is 17.3 Å². The number of hydrogen-bond donors (Lipinski definition) is 2. The van der Waals surface area contributed by atoms with E-state index < -0.39 is 23.6 Å². The summed E-state index contributed by atoms with van der Waals surface area (Å²) in [7, 11) is -9.83. The molecule has 0 bridgehead atoms. The first-order chi connectivity index (χ1) is 18.5. The quantitative estimate of drug-likeness (QED) is 0.0503. The summed E-state index contributed by atoms with van der Waals surface area (Å²) in [5.41, 5.74) is 0.797.